The molecule has 0 amide bonds. The molecule has 4 nitrogen and oxygen atoms in total. The SMILES string of the molecule is CCCC(=O)OC/C(=C\N(C)C)C(C)=O. The van der Waals surface area contributed by atoms with Crippen molar-refractivity contribution in [3.8, 4) is 0 Å². The van der Waals surface area contributed by atoms with Gasteiger partial charge in [0.2, 0.25) is 0 Å². The van der Waals surface area contributed by atoms with Crippen LogP contribution >= 0.6 is 0 Å². The van der Waals surface area contributed by atoms with Crippen molar-refractivity contribution in [3.63, 3.8) is 0 Å². The quantitative estimate of drug-likeness (QED) is 0.494. The molecule has 0 rings (SSSR count). The molecule has 0 atom stereocenters. The maximum absolute atomic E-state index is 11.2. The molecule has 0 heterocycles. The van der Waals surface area contributed by atoms with E-state index in [1.807, 2.05) is 21.0 Å². The van der Waals surface area contributed by atoms with Crippen LogP contribution in [-0.2, 0) is 14.3 Å². The minimum Gasteiger partial charge on any atom is -0.461 e. The van der Waals surface area contributed by atoms with E-state index in [0.717, 1.165) is 6.42 Å². The number of esters is 1. The van der Waals surface area contributed by atoms with Crippen LogP contribution in [0, 0.1) is 0 Å². The normalized spacial score (nSPS) is 11.1. The zero-order valence-corrected chi connectivity index (χ0v) is 9.87. The van der Waals surface area contributed by atoms with Crippen molar-refractivity contribution in [1.29, 1.82) is 0 Å². The predicted molar refractivity (Wildman–Crippen MR) is 58.3 cm³/mol. The molecule has 0 aromatic carbocycles. The average Bonchev–Trinajstić information content (AvgIpc) is 2.11. The zero-order valence-electron chi connectivity index (χ0n) is 9.87. The maximum Gasteiger partial charge on any atom is 0.306 e. The minimum absolute atomic E-state index is 0.0619. The second-order valence-corrected chi connectivity index (χ2v) is 3.58. The molecule has 86 valence electrons. The number of carbonyl (C=O) groups is 2. The number of nitrogens with zero attached hydrogens (tertiary/aromatic N) is 1. The van der Waals surface area contributed by atoms with Gasteiger partial charge in [0.25, 0.3) is 0 Å². The smallest absolute Gasteiger partial charge is 0.306 e. The Bertz CT molecular complexity index is 257. The summed E-state index contributed by atoms with van der Waals surface area (Å²) in [6.45, 7) is 3.43. The Labute approximate surface area is 90.9 Å². The van der Waals surface area contributed by atoms with Crippen LogP contribution in [0.25, 0.3) is 0 Å². The average molecular weight is 213 g/mol. The molecule has 0 spiro atoms. The van der Waals surface area contributed by atoms with Crippen LogP contribution in [0.2, 0.25) is 0 Å². The Morgan fingerprint density at radius 2 is 1.93 bits per heavy atom. The Kier molecular flexibility index (Phi) is 6.42. The molecule has 0 aliphatic carbocycles. The molecule has 0 aromatic heterocycles. The van der Waals surface area contributed by atoms with E-state index < -0.39 is 0 Å². The minimum atomic E-state index is -0.261. The monoisotopic (exact) mass is 213 g/mol. The van der Waals surface area contributed by atoms with Crippen molar-refractivity contribution in [3.05, 3.63) is 11.8 Å². The lowest BCUT2D eigenvalue weighted by atomic mass is 10.2. The van der Waals surface area contributed by atoms with Crippen LogP contribution in [0.15, 0.2) is 11.8 Å². The fourth-order valence-electron chi connectivity index (χ4n) is 0.976. The molecule has 0 bridgehead atoms. The van der Waals surface area contributed by atoms with Crippen molar-refractivity contribution in [2.24, 2.45) is 0 Å². The Balaban J connectivity index is 4.20. The fourth-order valence-corrected chi connectivity index (χ4v) is 0.976. The van der Waals surface area contributed by atoms with Crippen LogP contribution in [0.3, 0.4) is 0 Å². The maximum atomic E-state index is 11.2. The van der Waals surface area contributed by atoms with Gasteiger partial charge in [0.15, 0.2) is 5.78 Å². The summed E-state index contributed by atoms with van der Waals surface area (Å²) >= 11 is 0. The molecule has 0 saturated heterocycles. The molecule has 0 saturated carbocycles. The van der Waals surface area contributed by atoms with Crippen LogP contribution in [-0.4, -0.2) is 37.4 Å². The molecule has 4 heteroatoms. The lowest BCUT2D eigenvalue weighted by molar-refractivity contribution is -0.142. The largest absolute Gasteiger partial charge is 0.461 e. The van der Waals surface area contributed by atoms with E-state index in [1.54, 1.807) is 11.1 Å². The summed E-state index contributed by atoms with van der Waals surface area (Å²) in [5.41, 5.74) is 0.504. The Morgan fingerprint density at radius 1 is 1.33 bits per heavy atom. The fraction of sp³-hybridized carbons (Fsp3) is 0.636. The number of Topliss-reactive ketones (excluding diaryl/α,β-unsaturated/α-hetero) is 1. The van der Waals surface area contributed by atoms with Gasteiger partial charge in [-0.3, -0.25) is 9.59 Å². The highest BCUT2D eigenvalue weighted by molar-refractivity contribution is 5.93. The summed E-state index contributed by atoms with van der Waals surface area (Å²) in [4.78, 5) is 24.0. The van der Waals surface area contributed by atoms with Crippen LogP contribution in [0.1, 0.15) is 26.7 Å². The molecule has 0 N–H and O–H groups in total. The lowest BCUT2D eigenvalue weighted by Gasteiger charge is -2.10. The van der Waals surface area contributed by atoms with Gasteiger partial charge in [0.05, 0.1) is 0 Å². The molecule has 0 fully saturated rings. The first-order valence-electron chi connectivity index (χ1n) is 5.01. The highest BCUT2D eigenvalue weighted by Gasteiger charge is 2.08. The molecular weight excluding hydrogens is 194 g/mol. The summed E-state index contributed by atoms with van der Waals surface area (Å²) < 4.78 is 4.95. The topological polar surface area (TPSA) is 46.6 Å². The van der Waals surface area contributed by atoms with Crippen LogP contribution < -0.4 is 0 Å². The second-order valence-electron chi connectivity index (χ2n) is 3.58. The van der Waals surface area contributed by atoms with Gasteiger partial charge in [0.1, 0.15) is 6.61 Å². The first-order chi connectivity index (χ1) is 6.97. The van der Waals surface area contributed by atoms with Crippen molar-refractivity contribution < 1.29 is 14.3 Å². The van der Waals surface area contributed by atoms with Crippen LogP contribution in [0.4, 0.5) is 0 Å². The van der Waals surface area contributed by atoms with Gasteiger partial charge in [-0.2, -0.15) is 0 Å². The lowest BCUT2D eigenvalue weighted by Crippen LogP contribution is -2.14. The van der Waals surface area contributed by atoms with Gasteiger partial charge in [-0.15, -0.1) is 0 Å². The molecule has 0 aromatic rings. The number of hydrogen-bond acceptors (Lipinski definition) is 4. The molecular formula is C11H19NO3. The third-order valence-electron chi connectivity index (χ3n) is 1.71. The molecule has 0 radical (unpaired) electrons. The summed E-state index contributed by atoms with van der Waals surface area (Å²) in [5.74, 6) is -0.337. The number of carbonyl (C=O) groups excluding carboxylic acids is 2. The van der Waals surface area contributed by atoms with E-state index in [-0.39, 0.29) is 18.4 Å². The van der Waals surface area contributed by atoms with Crippen molar-refractivity contribution in [2.45, 2.75) is 26.7 Å². The van der Waals surface area contributed by atoms with Gasteiger partial charge in [0, 0.05) is 32.3 Å². The highest BCUT2D eigenvalue weighted by Crippen LogP contribution is 2.01. The van der Waals surface area contributed by atoms with Gasteiger partial charge < -0.3 is 9.64 Å². The summed E-state index contributed by atoms with van der Waals surface area (Å²) in [6.07, 6.45) is 2.82. The number of ketones is 1. The molecule has 15 heavy (non-hydrogen) atoms. The van der Waals surface area contributed by atoms with Gasteiger partial charge in [-0.05, 0) is 13.3 Å². The standard InChI is InChI=1S/C11H19NO3/c1-5-6-11(14)15-8-10(9(2)13)7-12(3)4/h7H,5-6,8H2,1-4H3/b10-7+. The van der Waals surface area contributed by atoms with Crippen molar-refractivity contribution in [2.75, 3.05) is 20.7 Å². The summed E-state index contributed by atoms with van der Waals surface area (Å²) in [5, 5.41) is 0. The van der Waals surface area contributed by atoms with E-state index in [9.17, 15) is 9.59 Å². The number of rotatable bonds is 6. The first kappa shape index (κ1) is 13.7. The first-order valence-corrected chi connectivity index (χ1v) is 5.01. The molecule has 0 aliphatic rings. The summed E-state index contributed by atoms with van der Waals surface area (Å²) in [6, 6.07) is 0. The Morgan fingerprint density at radius 3 is 2.33 bits per heavy atom. The van der Waals surface area contributed by atoms with Gasteiger partial charge in [-0.1, -0.05) is 6.92 Å². The number of hydrogen-bond donors (Lipinski definition) is 0. The van der Waals surface area contributed by atoms with Crippen molar-refractivity contribution in [1.82, 2.24) is 4.90 Å². The van der Waals surface area contributed by atoms with E-state index >= 15 is 0 Å². The van der Waals surface area contributed by atoms with E-state index in [2.05, 4.69) is 0 Å². The second kappa shape index (κ2) is 7.04. The predicted octanol–water partition coefficient (Wildman–Crippen LogP) is 1.36. The summed E-state index contributed by atoms with van der Waals surface area (Å²) in [7, 11) is 3.63. The van der Waals surface area contributed by atoms with E-state index in [0.29, 0.717) is 12.0 Å². The molecule has 0 unspecified atom stereocenters. The third-order valence-corrected chi connectivity index (χ3v) is 1.71. The van der Waals surface area contributed by atoms with Gasteiger partial charge in [-0.25, -0.2) is 0 Å². The zero-order chi connectivity index (χ0) is 11.8. The van der Waals surface area contributed by atoms with E-state index in [4.69, 9.17) is 4.74 Å². The Hall–Kier alpha value is -1.32. The van der Waals surface area contributed by atoms with Gasteiger partial charge >= 0.3 is 5.97 Å². The molecule has 0 aliphatic heterocycles. The van der Waals surface area contributed by atoms with E-state index in [1.165, 1.54) is 6.92 Å². The number of ether oxygens (including phenoxy) is 1. The van der Waals surface area contributed by atoms with Crippen molar-refractivity contribution >= 4 is 11.8 Å². The third kappa shape index (κ3) is 6.71. The van der Waals surface area contributed by atoms with Crippen LogP contribution in [0.5, 0.6) is 0 Å². The highest BCUT2D eigenvalue weighted by atomic mass is 16.5.